The fourth-order valence-electron chi connectivity index (χ4n) is 5.84. The first-order valence-electron chi connectivity index (χ1n) is 19.5. The topological polar surface area (TPSA) is 102 Å². The van der Waals surface area contributed by atoms with E-state index in [-0.39, 0.29) is 13.2 Å². The number of unbranched alkanes of at least 4 members (excludes halogenated alkanes) is 30. The minimum Gasteiger partial charge on any atom is -0.302 e. The third-order valence-electron chi connectivity index (χ3n) is 8.71. The van der Waals surface area contributed by atoms with Crippen LogP contribution in [0, 0.1) is 0 Å². The Balaban J connectivity index is 3.51. The molecule has 0 aromatic carbocycles. The number of phosphoric ester groups is 2. The first-order valence-corrected chi connectivity index (χ1v) is 22.5. The molecule has 272 valence electrons. The van der Waals surface area contributed by atoms with Crippen molar-refractivity contribution in [2.45, 2.75) is 219 Å². The van der Waals surface area contributed by atoms with Gasteiger partial charge in [0.2, 0.25) is 0 Å². The van der Waals surface area contributed by atoms with Crippen molar-refractivity contribution in [1.29, 1.82) is 0 Å². The SMILES string of the molecule is CCCCCCCCCCCCCCCCCCOP(=O)(O)OP(=O)(O)OCCCCCCCCCCCCCCCCCC. The van der Waals surface area contributed by atoms with Crippen molar-refractivity contribution in [3.05, 3.63) is 0 Å². The van der Waals surface area contributed by atoms with Gasteiger partial charge < -0.3 is 9.79 Å². The second-order valence-electron chi connectivity index (χ2n) is 13.3. The van der Waals surface area contributed by atoms with Gasteiger partial charge in [-0.2, -0.15) is 4.31 Å². The average molecular weight is 683 g/mol. The fourth-order valence-corrected chi connectivity index (χ4v) is 7.98. The van der Waals surface area contributed by atoms with Crippen molar-refractivity contribution < 1.29 is 32.3 Å². The van der Waals surface area contributed by atoms with E-state index < -0.39 is 15.6 Å². The van der Waals surface area contributed by atoms with Crippen LogP contribution >= 0.6 is 15.6 Å². The molecule has 0 aromatic rings. The monoisotopic (exact) mass is 683 g/mol. The Hall–Kier alpha value is 0.260. The Kier molecular flexibility index (Phi) is 34.3. The molecule has 45 heavy (non-hydrogen) atoms. The lowest BCUT2D eigenvalue weighted by molar-refractivity contribution is 0.151. The highest BCUT2D eigenvalue weighted by Gasteiger charge is 2.34. The van der Waals surface area contributed by atoms with Crippen LogP contribution in [-0.2, 0) is 22.5 Å². The largest absolute Gasteiger partial charge is 0.481 e. The van der Waals surface area contributed by atoms with Crippen molar-refractivity contribution >= 4 is 15.6 Å². The number of hydrogen-bond donors (Lipinski definition) is 2. The lowest BCUT2D eigenvalue weighted by Gasteiger charge is -2.16. The maximum Gasteiger partial charge on any atom is 0.481 e. The molecule has 0 saturated carbocycles. The van der Waals surface area contributed by atoms with E-state index in [2.05, 4.69) is 18.2 Å². The van der Waals surface area contributed by atoms with Crippen LogP contribution in [0.1, 0.15) is 219 Å². The Morgan fingerprint density at radius 2 is 0.511 bits per heavy atom. The van der Waals surface area contributed by atoms with Crippen LogP contribution in [0.5, 0.6) is 0 Å². The summed E-state index contributed by atoms with van der Waals surface area (Å²) in [6.07, 6.45) is 39.8. The van der Waals surface area contributed by atoms with E-state index in [0.29, 0.717) is 12.8 Å². The van der Waals surface area contributed by atoms with Crippen LogP contribution in [0.2, 0.25) is 0 Å². The van der Waals surface area contributed by atoms with Gasteiger partial charge in [-0.05, 0) is 12.8 Å². The fraction of sp³-hybridized carbons (Fsp3) is 1.00. The van der Waals surface area contributed by atoms with Crippen LogP contribution in [0.3, 0.4) is 0 Å². The highest BCUT2D eigenvalue weighted by molar-refractivity contribution is 7.61. The zero-order valence-corrected chi connectivity index (χ0v) is 31.7. The highest BCUT2D eigenvalue weighted by Crippen LogP contribution is 2.60. The normalized spacial score (nSPS) is 14.5. The summed E-state index contributed by atoms with van der Waals surface area (Å²) in [5.41, 5.74) is 0. The smallest absolute Gasteiger partial charge is 0.302 e. The van der Waals surface area contributed by atoms with Crippen molar-refractivity contribution in [3.63, 3.8) is 0 Å². The van der Waals surface area contributed by atoms with Crippen molar-refractivity contribution in [1.82, 2.24) is 0 Å². The quantitative estimate of drug-likeness (QED) is 0.0493. The molecule has 0 aliphatic carbocycles. The van der Waals surface area contributed by atoms with E-state index in [0.717, 1.165) is 38.5 Å². The van der Waals surface area contributed by atoms with Gasteiger partial charge >= 0.3 is 15.6 Å². The maximum atomic E-state index is 12.1. The molecule has 0 saturated heterocycles. The summed E-state index contributed by atoms with van der Waals surface area (Å²) in [7, 11) is -9.27. The van der Waals surface area contributed by atoms with Gasteiger partial charge in [0.25, 0.3) is 0 Å². The van der Waals surface area contributed by atoms with E-state index in [1.54, 1.807) is 0 Å². The summed E-state index contributed by atoms with van der Waals surface area (Å²) in [6, 6.07) is 0. The van der Waals surface area contributed by atoms with E-state index in [1.165, 1.54) is 154 Å². The number of rotatable bonds is 38. The van der Waals surface area contributed by atoms with E-state index in [9.17, 15) is 18.9 Å². The van der Waals surface area contributed by atoms with E-state index in [4.69, 9.17) is 9.05 Å². The molecule has 0 amide bonds. The molecule has 7 nitrogen and oxygen atoms in total. The third kappa shape index (κ3) is 36.9. The number of phosphoric acid groups is 2. The predicted molar refractivity (Wildman–Crippen MR) is 192 cm³/mol. The van der Waals surface area contributed by atoms with Crippen LogP contribution < -0.4 is 0 Å². The van der Waals surface area contributed by atoms with Gasteiger partial charge in [0.1, 0.15) is 0 Å². The summed E-state index contributed by atoms with van der Waals surface area (Å²) in [5, 5.41) is 0. The van der Waals surface area contributed by atoms with Crippen LogP contribution in [0.25, 0.3) is 0 Å². The molecular formula is C36H76O7P2. The average Bonchev–Trinajstić information content (AvgIpc) is 2.99. The molecule has 0 spiro atoms. The molecule has 0 aromatic heterocycles. The Morgan fingerprint density at radius 3 is 0.711 bits per heavy atom. The van der Waals surface area contributed by atoms with Gasteiger partial charge in [-0.15, -0.1) is 0 Å². The second kappa shape index (κ2) is 34.1. The summed E-state index contributed by atoms with van der Waals surface area (Å²) in [5.74, 6) is 0. The summed E-state index contributed by atoms with van der Waals surface area (Å²) >= 11 is 0. The molecular weight excluding hydrogens is 606 g/mol. The van der Waals surface area contributed by atoms with Gasteiger partial charge in [0.05, 0.1) is 13.2 Å². The van der Waals surface area contributed by atoms with Crippen LogP contribution in [0.15, 0.2) is 0 Å². The lowest BCUT2D eigenvalue weighted by Crippen LogP contribution is -2.00. The van der Waals surface area contributed by atoms with Crippen LogP contribution in [0.4, 0.5) is 0 Å². The van der Waals surface area contributed by atoms with Crippen molar-refractivity contribution in [3.8, 4) is 0 Å². The van der Waals surface area contributed by atoms with Gasteiger partial charge in [0, 0.05) is 0 Å². The zero-order chi connectivity index (χ0) is 33.2. The molecule has 9 heteroatoms. The first kappa shape index (κ1) is 45.3. The zero-order valence-electron chi connectivity index (χ0n) is 29.9. The lowest BCUT2D eigenvalue weighted by atomic mass is 10.0. The van der Waals surface area contributed by atoms with Gasteiger partial charge in [-0.1, -0.05) is 206 Å². The van der Waals surface area contributed by atoms with Crippen molar-refractivity contribution in [2.24, 2.45) is 0 Å². The molecule has 2 atom stereocenters. The van der Waals surface area contributed by atoms with E-state index in [1.807, 2.05) is 0 Å². The predicted octanol–water partition coefficient (Wildman–Crippen LogP) is 13.8. The molecule has 0 aliphatic rings. The molecule has 0 radical (unpaired) electrons. The van der Waals surface area contributed by atoms with Gasteiger partial charge in [-0.3, -0.25) is 9.05 Å². The Morgan fingerprint density at radius 1 is 0.333 bits per heavy atom. The second-order valence-corrected chi connectivity index (χ2v) is 16.3. The molecule has 2 unspecified atom stereocenters. The molecule has 0 heterocycles. The van der Waals surface area contributed by atoms with E-state index >= 15 is 0 Å². The molecule has 0 rings (SSSR count). The van der Waals surface area contributed by atoms with Gasteiger partial charge in [0.15, 0.2) is 0 Å². The minimum absolute atomic E-state index is 0.0192. The third-order valence-corrected chi connectivity index (χ3v) is 11.4. The Bertz CT molecular complexity index is 636. The van der Waals surface area contributed by atoms with Gasteiger partial charge in [-0.25, -0.2) is 9.13 Å². The standard InChI is InChI=1S/C36H76O7P2/c1-3-5-7-9-11-13-15-17-19-21-23-25-27-29-31-33-35-41-44(37,38)43-45(39,40)42-36-34-32-30-28-26-24-22-20-18-16-14-12-10-8-6-4-2/h3-36H2,1-2H3,(H,37,38)(H,39,40). The summed E-state index contributed by atoms with van der Waals surface area (Å²) < 4.78 is 38.4. The minimum atomic E-state index is -4.63. The van der Waals surface area contributed by atoms with Crippen LogP contribution in [-0.4, -0.2) is 23.0 Å². The maximum absolute atomic E-state index is 12.1. The number of hydrogen-bond acceptors (Lipinski definition) is 5. The first-order chi connectivity index (χ1) is 21.8. The highest BCUT2D eigenvalue weighted by atomic mass is 31.3. The molecule has 0 fully saturated rings. The molecule has 0 aliphatic heterocycles. The van der Waals surface area contributed by atoms with Crippen molar-refractivity contribution in [2.75, 3.05) is 13.2 Å². The molecule has 2 N–H and O–H groups in total. The summed E-state index contributed by atoms with van der Waals surface area (Å²) in [6.45, 7) is 4.56. The summed E-state index contributed by atoms with van der Waals surface area (Å²) in [4.78, 5) is 19.6. The molecule has 0 bridgehead atoms. The Labute approximate surface area is 280 Å².